The third-order valence-electron chi connectivity index (χ3n) is 5.78. The molecule has 6 nitrogen and oxygen atoms in total. The number of aliphatic imine (C=N–C) groups is 1. The van der Waals surface area contributed by atoms with Gasteiger partial charge in [0.05, 0.1) is 6.61 Å². The van der Waals surface area contributed by atoms with Crippen LogP contribution in [-0.2, 0) is 4.74 Å². The number of likely N-dealkylation sites (tertiary alicyclic amines) is 1. The summed E-state index contributed by atoms with van der Waals surface area (Å²) in [6, 6.07) is 10.7. The number of piperidine rings is 1. The summed E-state index contributed by atoms with van der Waals surface area (Å²) in [4.78, 5) is 11.9. The number of anilines is 1. The Labute approximate surface area is 164 Å². The molecule has 150 valence electrons. The van der Waals surface area contributed by atoms with Crippen molar-refractivity contribution in [2.24, 2.45) is 10.9 Å². The molecular weight excluding hydrogens is 338 g/mol. The predicted molar refractivity (Wildman–Crippen MR) is 113 cm³/mol. The van der Waals surface area contributed by atoms with Gasteiger partial charge in [0.2, 0.25) is 0 Å². The van der Waals surface area contributed by atoms with Gasteiger partial charge in [0.25, 0.3) is 0 Å². The number of methoxy groups -OCH3 is 1. The number of hydrogen-bond acceptors (Lipinski definition) is 4. The van der Waals surface area contributed by atoms with Crippen molar-refractivity contribution in [3.8, 4) is 0 Å². The molecule has 2 heterocycles. The van der Waals surface area contributed by atoms with Crippen molar-refractivity contribution in [2.75, 3.05) is 78.0 Å². The van der Waals surface area contributed by atoms with Crippen LogP contribution in [0.4, 0.5) is 5.69 Å². The minimum absolute atomic E-state index is 0.742. The summed E-state index contributed by atoms with van der Waals surface area (Å²) in [7, 11) is 3.68. The van der Waals surface area contributed by atoms with Crippen molar-refractivity contribution in [3.63, 3.8) is 0 Å². The minimum atomic E-state index is 0.742. The average Bonchev–Trinajstić information content (AvgIpc) is 2.74. The van der Waals surface area contributed by atoms with Gasteiger partial charge in [0, 0.05) is 59.1 Å². The monoisotopic (exact) mass is 373 g/mol. The van der Waals surface area contributed by atoms with E-state index in [2.05, 4.69) is 55.3 Å². The maximum atomic E-state index is 5.19. The molecule has 27 heavy (non-hydrogen) atoms. The van der Waals surface area contributed by atoms with E-state index in [1.165, 1.54) is 31.6 Å². The van der Waals surface area contributed by atoms with Crippen LogP contribution in [0, 0.1) is 5.92 Å². The second kappa shape index (κ2) is 10.5. The Morgan fingerprint density at radius 3 is 2.41 bits per heavy atom. The Morgan fingerprint density at radius 2 is 1.78 bits per heavy atom. The van der Waals surface area contributed by atoms with Crippen LogP contribution in [0.25, 0.3) is 0 Å². The molecule has 2 saturated heterocycles. The van der Waals surface area contributed by atoms with Crippen molar-refractivity contribution in [1.29, 1.82) is 0 Å². The molecule has 1 aromatic carbocycles. The van der Waals surface area contributed by atoms with Crippen molar-refractivity contribution in [3.05, 3.63) is 30.3 Å². The first-order chi connectivity index (χ1) is 13.3. The molecule has 0 bridgehead atoms. The predicted octanol–water partition coefficient (Wildman–Crippen LogP) is 1.74. The Kier molecular flexibility index (Phi) is 7.78. The molecule has 2 fully saturated rings. The van der Waals surface area contributed by atoms with Gasteiger partial charge < -0.3 is 24.8 Å². The highest BCUT2D eigenvalue weighted by molar-refractivity contribution is 5.80. The Hall–Kier alpha value is -1.79. The molecule has 0 aliphatic carbocycles. The summed E-state index contributed by atoms with van der Waals surface area (Å²) < 4.78 is 5.19. The van der Waals surface area contributed by atoms with Crippen LogP contribution in [0.3, 0.4) is 0 Å². The summed E-state index contributed by atoms with van der Waals surface area (Å²) >= 11 is 0. The second-order valence-electron chi connectivity index (χ2n) is 7.52. The van der Waals surface area contributed by atoms with Gasteiger partial charge in [-0.1, -0.05) is 18.2 Å². The van der Waals surface area contributed by atoms with E-state index in [1.54, 1.807) is 7.11 Å². The van der Waals surface area contributed by atoms with Gasteiger partial charge in [-0.25, -0.2) is 0 Å². The van der Waals surface area contributed by atoms with Crippen LogP contribution < -0.4 is 10.2 Å². The van der Waals surface area contributed by atoms with Gasteiger partial charge in [-0.3, -0.25) is 4.99 Å². The lowest BCUT2D eigenvalue weighted by atomic mass is 9.97. The molecule has 0 atom stereocenters. The highest BCUT2D eigenvalue weighted by Crippen LogP contribution is 2.17. The van der Waals surface area contributed by atoms with E-state index in [9.17, 15) is 0 Å². The molecule has 2 aliphatic heterocycles. The first-order valence-electron chi connectivity index (χ1n) is 10.3. The SMILES string of the molecule is CN=C(NCC1CCN(CCOC)CC1)N1CCN(c2ccccc2)CC1. The fraction of sp³-hybridized carbons (Fsp3) is 0.667. The number of piperazine rings is 1. The van der Waals surface area contributed by atoms with Gasteiger partial charge in [-0.15, -0.1) is 0 Å². The molecule has 0 aromatic heterocycles. The quantitative estimate of drug-likeness (QED) is 0.608. The lowest BCUT2D eigenvalue weighted by molar-refractivity contribution is 0.120. The van der Waals surface area contributed by atoms with Gasteiger partial charge in [0.1, 0.15) is 0 Å². The van der Waals surface area contributed by atoms with E-state index in [1.807, 2.05) is 7.05 Å². The van der Waals surface area contributed by atoms with Crippen LogP contribution in [0.5, 0.6) is 0 Å². The van der Waals surface area contributed by atoms with Crippen molar-refractivity contribution >= 4 is 11.6 Å². The fourth-order valence-corrected chi connectivity index (χ4v) is 4.02. The lowest BCUT2D eigenvalue weighted by Gasteiger charge is -2.38. The van der Waals surface area contributed by atoms with Crippen LogP contribution in [0.15, 0.2) is 35.3 Å². The first kappa shape index (κ1) is 20.0. The molecule has 1 aromatic rings. The first-order valence-corrected chi connectivity index (χ1v) is 10.3. The van der Waals surface area contributed by atoms with E-state index in [0.29, 0.717) is 0 Å². The van der Waals surface area contributed by atoms with Crippen LogP contribution in [0.2, 0.25) is 0 Å². The van der Waals surface area contributed by atoms with Crippen molar-refractivity contribution in [1.82, 2.24) is 15.1 Å². The van der Waals surface area contributed by atoms with Gasteiger partial charge in [0.15, 0.2) is 5.96 Å². The molecule has 3 rings (SSSR count). The molecule has 0 unspecified atom stereocenters. The van der Waals surface area contributed by atoms with Gasteiger partial charge in [-0.05, 0) is 44.0 Å². The normalized spacial score (nSPS) is 20.1. The number of nitrogens with zero attached hydrogens (tertiary/aromatic N) is 4. The number of para-hydroxylation sites is 1. The molecule has 0 amide bonds. The summed E-state index contributed by atoms with van der Waals surface area (Å²) in [6.45, 7) is 9.42. The fourth-order valence-electron chi connectivity index (χ4n) is 4.02. The average molecular weight is 374 g/mol. The van der Waals surface area contributed by atoms with Crippen molar-refractivity contribution < 1.29 is 4.74 Å². The van der Waals surface area contributed by atoms with Crippen LogP contribution in [-0.4, -0.2) is 88.9 Å². The number of nitrogens with one attached hydrogen (secondary N) is 1. The third kappa shape index (κ3) is 5.84. The zero-order chi connectivity index (χ0) is 18.9. The second-order valence-corrected chi connectivity index (χ2v) is 7.52. The topological polar surface area (TPSA) is 43.3 Å². The number of hydrogen-bond donors (Lipinski definition) is 1. The number of benzene rings is 1. The van der Waals surface area contributed by atoms with Gasteiger partial charge >= 0.3 is 0 Å². The molecule has 0 spiro atoms. The van der Waals surface area contributed by atoms with E-state index in [4.69, 9.17) is 4.74 Å². The molecular formula is C21H35N5O. The Bertz CT molecular complexity index is 563. The van der Waals surface area contributed by atoms with Gasteiger partial charge in [-0.2, -0.15) is 0 Å². The standard InChI is InChI=1S/C21H35N5O/c1-22-21(23-18-19-8-10-24(11-9-19)16-17-27-2)26-14-12-25(13-15-26)20-6-4-3-5-7-20/h3-7,19H,8-18H2,1-2H3,(H,22,23). The summed E-state index contributed by atoms with van der Waals surface area (Å²) in [5.41, 5.74) is 1.32. The summed E-state index contributed by atoms with van der Waals surface area (Å²) in [6.07, 6.45) is 2.52. The van der Waals surface area contributed by atoms with E-state index < -0.39 is 0 Å². The summed E-state index contributed by atoms with van der Waals surface area (Å²) in [5.74, 6) is 1.80. The Morgan fingerprint density at radius 1 is 1.07 bits per heavy atom. The van der Waals surface area contributed by atoms with E-state index in [-0.39, 0.29) is 0 Å². The van der Waals surface area contributed by atoms with E-state index >= 15 is 0 Å². The number of guanidine groups is 1. The molecule has 6 heteroatoms. The zero-order valence-corrected chi connectivity index (χ0v) is 16.9. The highest BCUT2D eigenvalue weighted by Gasteiger charge is 2.22. The number of ether oxygens (including phenoxy) is 1. The van der Waals surface area contributed by atoms with E-state index in [0.717, 1.165) is 57.8 Å². The maximum Gasteiger partial charge on any atom is 0.193 e. The largest absolute Gasteiger partial charge is 0.383 e. The molecule has 1 N–H and O–H groups in total. The van der Waals surface area contributed by atoms with Crippen LogP contribution >= 0.6 is 0 Å². The zero-order valence-electron chi connectivity index (χ0n) is 16.9. The highest BCUT2D eigenvalue weighted by atomic mass is 16.5. The molecule has 2 aliphatic rings. The number of rotatable bonds is 6. The minimum Gasteiger partial charge on any atom is -0.383 e. The third-order valence-corrected chi connectivity index (χ3v) is 5.78. The summed E-state index contributed by atoms with van der Waals surface area (Å²) in [5, 5.41) is 3.64. The Balaban J connectivity index is 1.39. The molecule has 0 saturated carbocycles. The molecule has 0 radical (unpaired) electrons. The maximum absolute atomic E-state index is 5.19. The lowest BCUT2D eigenvalue weighted by Crippen LogP contribution is -2.53. The van der Waals surface area contributed by atoms with Crippen molar-refractivity contribution in [2.45, 2.75) is 12.8 Å². The smallest absolute Gasteiger partial charge is 0.193 e. The van der Waals surface area contributed by atoms with Crippen LogP contribution in [0.1, 0.15) is 12.8 Å².